The Labute approximate surface area is 172 Å². The molecule has 2 aromatic carbocycles. The molecule has 0 atom stereocenters. The zero-order valence-electron chi connectivity index (χ0n) is 17.2. The van der Waals surface area contributed by atoms with Crippen LogP contribution in [0.15, 0.2) is 60.7 Å². The number of ether oxygens (including phenoxy) is 1. The molecule has 1 saturated carbocycles. The third-order valence-corrected chi connectivity index (χ3v) is 5.81. The van der Waals surface area contributed by atoms with Crippen molar-refractivity contribution in [2.75, 3.05) is 7.11 Å². The molecule has 0 spiro atoms. The van der Waals surface area contributed by atoms with Crippen LogP contribution >= 0.6 is 0 Å². The Morgan fingerprint density at radius 3 is 2.48 bits per heavy atom. The summed E-state index contributed by atoms with van der Waals surface area (Å²) in [7, 11) is 1.67. The molecule has 1 aliphatic carbocycles. The van der Waals surface area contributed by atoms with E-state index in [1.54, 1.807) is 7.11 Å². The van der Waals surface area contributed by atoms with Crippen LogP contribution in [-0.2, 0) is 0 Å². The number of nitrogens with one attached hydrogen (secondary N) is 1. The first-order valence-electron chi connectivity index (χ1n) is 10.4. The van der Waals surface area contributed by atoms with Gasteiger partial charge >= 0.3 is 0 Å². The first-order valence-corrected chi connectivity index (χ1v) is 10.4. The highest BCUT2D eigenvalue weighted by Crippen LogP contribution is 2.31. The van der Waals surface area contributed by atoms with Gasteiger partial charge in [-0.15, -0.1) is 0 Å². The van der Waals surface area contributed by atoms with E-state index in [2.05, 4.69) is 28.1 Å². The monoisotopic (exact) mass is 388 g/mol. The predicted molar refractivity (Wildman–Crippen MR) is 117 cm³/mol. The maximum atomic E-state index is 13.1. The van der Waals surface area contributed by atoms with Crippen molar-refractivity contribution in [3.05, 3.63) is 71.9 Å². The average Bonchev–Trinajstić information content (AvgIpc) is 3.12. The van der Waals surface area contributed by atoms with Gasteiger partial charge in [0.2, 0.25) is 0 Å². The molecule has 4 heteroatoms. The molecule has 0 bridgehead atoms. The number of carbonyl (C=O) groups excluding carboxylic acids is 1. The van der Waals surface area contributed by atoms with Crippen LogP contribution in [0.25, 0.3) is 16.9 Å². The number of para-hydroxylation sites is 1. The topological polar surface area (TPSA) is 43.3 Å². The fraction of sp³-hybridized carbons (Fsp3) is 0.320. The third-order valence-electron chi connectivity index (χ3n) is 5.81. The number of hydrogen-bond donors (Lipinski definition) is 1. The lowest BCUT2D eigenvalue weighted by Gasteiger charge is -2.22. The van der Waals surface area contributed by atoms with E-state index in [0.717, 1.165) is 46.8 Å². The second-order valence-electron chi connectivity index (χ2n) is 7.74. The Kier molecular flexibility index (Phi) is 5.70. The molecular formula is C25H28N2O2. The van der Waals surface area contributed by atoms with E-state index in [4.69, 9.17) is 4.74 Å². The number of benzene rings is 2. The van der Waals surface area contributed by atoms with Crippen LogP contribution in [-0.4, -0.2) is 23.6 Å². The van der Waals surface area contributed by atoms with E-state index in [1.807, 2.05) is 49.4 Å². The van der Waals surface area contributed by atoms with E-state index in [1.165, 1.54) is 19.3 Å². The first kappa shape index (κ1) is 19.3. The van der Waals surface area contributed by atoms with Crippen LogP contribution in [0, 0.1) is 6.92 Å². The molecule has 1 N–H and O–H groups in total. The lowest BCUT2D eigenvalue weighted by Crippen LogP contribution is -2.36. The van der Waals surface area contributed by atoms with Crippen molar-refractivity contribution >= 4 is 5.91 Å². The average molecular weight is 389 g/mol. The summed E-state index contributed by atoms with van der Waals surface area (Å²) in [4.78, 5) is 13.1. The maximum Gasteiger partial charge on any atom is 0.253 e. The van der Waals surface area contributed by atoms with Crippen molar-refractivity contribution in [3.63, 3.8) is 0 Å². The number of rotatable bonds is 5. The second kappa shape index (κ2) is 8.56. The Balaban J connectivity index is 1.77. The number of amides is 1. The molecule has 4 rings (SSSR count). The van der Waals surface area contributed by atoms with Crippen molar-refractivity contribution < 1.29 is 9.53 Å². The lowest BCUT2D eigenvalue weighted by atomic mass is 9.95. The van der Waals surface area contributed by atoms with Crippen molar-refractivity contribution in [1.29, 1.82) is 0 Å². The number of aromatic nitrogens is 1. The van der Waals surface area contributed by atoms with Gasteiger partial charge in [0.1, 0.15) is 5.75 Å². The molecule has 1 aliphatic rings. The van der Waals surface area contributed by atoms with E-state index < -0.39 is 0 Å². The first-order chi connectivity index (χ1) is 14.2. The van der Waals surface area contributed by atoms with Gasteiger partial charge < -0.3 is 14.6 Å². The Bertz CT molecular complexity index is 985. The maximum absolute atomic E-state index is 13.1. The van der Waals surface area contributed by atoms with E-state index >= 15 is 0 Å². The predicted octanol–water partition coefficient (Wildman–Crippen LogP) is 5.52. The Morgan fingerprint density at radius 2 is 1.76 bits per heavy atom. The molecule has 0 radical (unpaired) electrons. The molecule has 3 aromatic rings. The van der Waals surface area contributed by atoms with Gasteiger partial charge in [0.25, 0.3) is 5.91 Å². The Morgan fingerprint density at radius 1 is 1.00 bits per heavy atom. The SMILES string of the molecule is COc1cccc(-c2cc(C(=O)NC3CCCCC3)c(C)n2-c2ccccc2)c1. The smallest absolute Gasteiger partial charge is 0.253 e. The van der Waals surface area contributed by atoms with Crippen molar-refractivity contribution in [2.24, 2.45) is 0 Å². The molecule has 1 heterocycles. The fourth-order valence-corrected chi connectivity index (χ4v) is 4.25. The molecule has 0 unspecified atom stereocenters. The molecule has 1 fully saturated rings. The molecule has 150 valence electrons. The largest absolute Gasteiger partial charge is 0.497 e. The van der Waals surface area contributed by atoms with Crippen LogP contribution in [0.4, 0.5) is 0 Å². The van der Waals surface area contributed by atoms with Gasteiger partial charge in [-0.2, -0.15) is 0 Å². The summed E-state index contributed by atoms with van der Waals surface area (Å²) in [5, 5.41) is 3.27. The quantitative estimate of drug-likeness (QED) is 0.625. The summed E-state index contributed by atoms with van der Waals surface area (Å²) < 4.78 is 7.58. The fourth-order valence-electron chi connectivity index (χ4n) is 4.25. The number of methoxy groups -OCH3 is 1. The third kappa shape index (κ3) is 4.07. The highest BCUT2D eigenvalue weighted by molar-refractivity contribution is 5.97. The number of carbonyl (C=O) groups is 1. The highest BCUT2D eigenvalue weighted by atomic mass is 16.5. The van der Waals surface area contributed by atoms with Gasteiger partial charge in [0.05, 0.1) is 18.4 Å². The minimum atomic E-state index is 0.0215. The van der Waals surface area contributed by atoms with Crippen molar-refractivity contribution in [2.45, 2.75) is 45.1 Å². The second-order valence-corrected chi connectivity index (χ2v) is 7.74. The summed E-state index contributed by atoms with van der Waals surface area (Å²) in [6.07, 6.45) is 5.82. The zero-order valence-corrected chi connectivity index (χ0v) is 17.2. The normalized spacial score (nSPS) is 14.6. The molecule has 0 aliphatic heterocycles. The van der Waals surface area contributed by atoms with Gasteiger partial charge in [0.15, 0.2) is 0 Å². The minimum absolute atomic E-state index is 0.0215. The standard InChI is InChI=1S/C25H28N2O2/c1-18-23(25(28)26-20-11-5-3-6-12-20)17-24(19-10-9-15-22(16-19)29-2)27(18)21-13-7-4-8-14-21/h4,7-10,13-17,20H,3,5-6,11-12H2,1-2H3,(H,26,28). The van der Waals surface area contributed by atoms with Crippen molar-refractivity contribution in [1.82, 2.24) is 9.88 Å². The van der Waals surface area contributed by atoms with E-state index in [-0.39, 0.29) is 11.9 Å². The summed E-state index contributed by atoms with van der Waals surface area (Å²) in [6.45, 7) is 2.02. The molecule has 0 saturated heterocycles. The van der Waals surface area contributed by atoms with Gasteiger partial charge in [0, 0.05) is 23.0 Å². The van der Waals surface area contributed by atoms with Crippen molar-refractivity contribution in [3.8, 4) is 22.7 Å². The van der Waals surface area contributed by atoms with Crippen LogP contribution in [0.5, 0.6) is 5.75 Å². The van der Waals surface area contributed by atoms with Crippen LogP contribution < -0.4 is 10.1 Å². The molecule has 1 aromatic heterocycles. The number of nitrogens with zero attached hydrogens (tertiary/aromatic N) is 1. The lowest BCUT2D eigenvalue weighted by molar-refractivity contribution is 0.0927. The highest BCUT2D eigenvalue weighted by Gasteiger charge is 2.22. The zero-order chi connectivity index (χ0) is 20.2. The van der Waals surface area contributed by atoms with Crippen LogP contribution in [0.2, 0.25) is 0 Å². The van der Waals surface area contributed by atoms with E-state index in [0.29, 0.717) is 0 Å². The Hall–Kier alpha value is -3.01. The summed E-state index contributed by atoms with van der Waals surface area (Å²) in [5.41, 5.74) is 4.73. The van der Waals surface area contributed by atoms with Gasteiger partial charge in [-0.25, -0.2) is 0 Å². The molecule has 1 amide bonds. The van der Waals surface area contributed by atoms with E-state index in [9.17, 15) is 4.79 Å². The molecule has 29 heavy (non-hydrogen) atoms. The summed E-state index contributed by atoms with van der Waals surface area (Å²) >= 11 is 0. The number of hydrogen-bond acceptors (Lipinski definition) is 2. The van der Waals surface area contributed by atoms with Gasteiger partial charge in [-0.3, -0.25) is 4.79 Å². The van der Waals surface area contributed by atoms with Crippen LogP contribution in [0.3, 0.4) is 0 Å². The molecular weight excluding hydrogens is 360 g/mol. The van der Waals surface area contributed by atoms with Gasteiger partial charge in [-0.05, 0) is 50.1 Å². The minimum Gasteiger partial charge on any atom is -0.497 e. The molecule has 4 nitrogen and oxygen atoms in total. The summed E-state index contributed by atoms with van der Waals surface area (Å²) in [5.74, 6) is 0.822. The summed E-state index contributed by atoms with van der Waals surface area (Å²) in [6, 6.07) is 20.5. The van der Waals surface area contributed by atoms with Crippen LogP contribution in [0.1, 0.15) is 48.2 Å². The van der Waals surface area contributed by atoms with Gasteiger partial charge in [-0.1, -0.05) is 49.6 Å².